The van der Waals surface area contributed by atoms with Gasteiger partial charge in [-0.1, -0.05) is 13.3 Å². The van der Waals surface area contributed by atoms with Crippen LogP contribution in [0.15, 0.2) is 16.5 Å². The SMILES string of the molecule is CC(N)CCCC(C)C(=O)NCc1ccc(C(=O)O)o1. The third kappa shape index (κ3) is 5.44. The number of nitrogens with one attached hydrogen (secondary N) is 1. The smallest absolute Gasteiger partial charge is 0.371 e. The summed E-state index contributed by atoms with van der Waals surface area (Å²) in [6, 6.07) is 3.07. The first-order chi connectivity index (χ1) is 9.40. The van der Waals surface area contributed by atoms with Crippen LogP contribution in [0.4, 0.5) is 0 Å². The number of carbonyl (C=O) groups excluding carboxylic acids is 1. The second-order valence-electron chi connectivity index (χ2n) is 5.10. The average molecular weight is 282 g/mol. The van der Waals surface area contributed by atoms with Crippen LogP contribution in [0.3, 0.4) is 0 Å². The molecule has 0 saturated heterocycles. The summed E-state index contributed by atoms with van der Waals surface area (Å²) in [4.78, 5) is 22.5. The molecule has 2 atom stereocenters. The maximum absolute atomic E-state index is 11.8. The number of carboxylic acid groups (broad SMARTS) is 1. The lowest BCUT2D eigenvalue weighted by atomic mass is 10.0. The van der Waals surface area contributed by atoms with E-state index in [1.807, 2.05) is 13.8 Å². The van der Waals surface area contributed by atoms with Gasteiger partial charge in [0, 0.05) is 12.0 Å². The molecule has 20 heavy (non-hydrogen) atoms. The Balaban J connectivity index is 2.32. The van der Waals surface area contributed by atoms with Gasteiger partial charge in [-0.05, 0) is 31.9 Å². The highest BCUT2D eigenvalue weighted by Crippen LogP contribution is 2.11. The molecule has 112 valence electrons. The predicted molar refractivity (Wildman–Crippen MR) is 74.2 cm³/mol. The molecule has 0 aliphatic carbocycles. The second-order valence-corrected chi connectivity index (χ2v) is 5.10. The minimum absolute atomic E-state index is 0.0667. The van der Waals surface area contributed by atoms with Crippen LogP contribution in [0, 0.1) is 5.92 Å². The Kier molecular flexibility index (Phi) is 6.24. The molecule has 4 N–H and O–H groups in total. The quantitative estimate of drug-likeness (QED) is 0.673. The topological polar surface area (TPSA) is 106 Å². The number of hydrogen-bond acceptors (Lipinski definition) is 4. The van der Waals surface area contributed by atoms with Gasteiger partial charge in [0.05, 0.1) is 6.54 Å². The Morgan fingerprint density at radius 1 is 1.35 bits per heavy atom. The molecule has 1 amide bonds. The monoisotopic (exact) mass is 282 g/mol. The van der Waals surface area contributed by atoms with Crippen LogP contribution in [0.25, 0.3) is 0 Å². The van der Waals surface area contributed by atoms with Crippen molar-refractivity contribution < 1.29 is 19.1 Å². The van der Waals surface area contributed by atoms with Crippen LogP contribution >= 0.6 is 0 Å². The molecule has 6 heteroatoms. The highest BCUT2D eigenvalue weighted by molar-refractivity contribution is 5.84. The number of furan rings is 1. The highest BCUT2D eigenvalue weighted by atomic mass is 16.4. The van der Waals surface area contributed by atoms with Gasteiger partial charge in [0.25, 0.3) is 0 Å². The van der Waals surface area contributed by atoms with E-state index in [4.69, 9.17) is 15.3 Å². The van der Waals surface area contributed by atoms with Crippen molar-refractivity contribution in [2.24, 2.45) is 11.7 Å². The molecule has 0 bridgehead atoms. The molecule has 1 aromatic heterocycles. The summed E-state index contributed by atoms with van der Waals surface area (Å²) in [5.74, 6) is -0.977. The van der Waals surface area contributed by atoms with Gasteiger partial charge < -0.3 is 20.6 Å². The lowest BCUT2D eigenvalue weighted by Gasteiger charge is -2.12. The maximum atomic E-state index is 11.8. The van der Waals surface area contributed by atoms with Gasteiger partial charge in [0.15, 0.2) is 0 Å². The third-order valence-electron chi connectivity index (χ3n) is 3.05. The Morgan fingerprint density at radius 3 is 2.60 bits per heavy atom. The van der Waals surface area contributed by atoms with Crippen LogP contribution in [0.1, 0.15) is 49.4 Å². The maximum Gasteiger partial charge on any atom is 0.371 e. The van der Waals surface area contributed by atoms with Gasteiger partial charge in [-0.3, -0.25) is 4.79 Å². The molecule has 0 radical (unpaired) electrons. The number of hydrogen-bond donors (Lipinski definition) is 3. The standard InChI is InChI=1S/C14H22N2O4/c1-9(4-3-5-10(2)15)13(17)16-8-11-6-7-12(20-11)14(18)19/h6-7,9-10H,3-5,8,15H2,1-2H3,(H,16,17)(H,18,19). The van der Waals surface area contributed by atoms with Gasteiger partial charge in [-0.15, -0.1) is 0 Å². The van der Waals surface area contributed by atoms with E-state index >= 15 is 0 Å². The van der Waals surface area contributed by atoms with Crippen LogP contribution in [-0.2, 0) is 11.3 Å². The second kappa shape index (κ2) is 7.69. The van der Waals surface area contributed by atoms with Crippen molar-refractivity contribution in [1.29, 1.82) is 0 Å². The molecule has 1 heterocycles. The van der Waals surface area contributed by atoms with Crippen molar-refractivity contribution in [3.63, 3.8) is 0 Å². The highest BCUT2D eigenvalue weighted by Gasteiger charge is 2.14. The molecule has 2 unspecified atom stereocenters. The average Bonchev–Trinajstić information content (AvgIpc) is 2.84. The van der Waals surface area contributed by atoms with E-state index in [2.05, 4.69) is 5.32 Å². The normalized spacial score (nSPS) is 13.8. The van der Waals surface area contributed by atoms with Crippen LogP contribution in [0.5, 0.6) is 0 Å². The fourth-order valence-electron chi connectivity index (χ4n) is 1.81. The molecule has 1 aromatic rings. The summed E-state index contributed by atoms with van der Waals surface area (Å²) < 4.78 is 5.06. The van der Waals surface area contributed by atoms with Gasteiger partial charge in [-0.2, -0.15) is 0 Å². The van der Waals surface area contributed by atoms with E-state index in [9.17, 15) is 9.59 Å². The van der Waals surface area contributed by atoms with Gasteiger partial charge in [0.2, 0.25) is 11.7 Å². The number of aromatic carboxylic acids is 1. The molecule has 0 aliphatic rings. The Hall–Kier alpha value is -1.82. The number of rotatable bonds is 8. The summed E-state index contributed by atoms with van der Waals surface area (Å²) in [6.45, 7) is 4.01. The molecule has 0 saturated carbocycles. The summed E-state index contributed by atoms with van der Waals surface area (Å²) in [5, 5.41) is 11.4. The first kappa shape index (κ1) is 16.2. The molecular formula is C14H22N2O4. The van der Waals surface area contributed by atoms with Crippen molar-refractivity contribution in [3.05, 3.63) is 23.7 Å². The largest absolute Gasteiger partial charge is 0.475 e. The fraction of sp³-hybridized carbons (Fsp3) is 0.571. The van der Waals surface area contributed by atoms with Crippen molar-refractivity contribution in [3.8, 4) is 0 Å². The summed E-state index contributed by atoms with van der Waals surface area (Å²) >= 11 is 0. The van der Waals surface area contributed by atoms with Crippen LogP contribution in [0.2, 0.25) is 0 Å². The predicted octanol–water partition coefficient (Wildman–Crippen LogP) is 1.75. The summed E-state index contributed by atoms with van der Waals surface area (Å²) in [6.07, 6.45) is 2.60. The van der Waals surface area contributed by atoms with Gasteiger partial charge in [0.1, 0.15) is 5.76 Å². The summed E-state index contributed by atoms with van der Waals surface area (Å²) in [7, 11) is 0. The first-order valence-electron chi connectivity index (χ1n) is 6.75. The Labute approximate surface area is 118 Å². The van der Waals surface area contributed by atoms with E-state index < -0.39 is 5.97 Å². The zero-order chi connectivity index (χ0) is 15.1. The van der Waals surface area contributed by atoms with E-state index in [0.717, 1.165) is 19.3 Å². The molecule has 0 aliphatic heterocycles. The van der Waals surface area contributed by atoms with Crippen LogP contribution in [-0.4, -0.2) is 23.0 Å². The Morgan fingerprint density at radius 2 is 2.05 bits per heavy atom. The number of nitrogens with two attached hydrogens (primary N) is 1. The van der Waals surface area contributed by atoms with E-state index in [1.165, 1.54) is 6.07 Å². The van der Waals surface area contributed by atoms with E-state index in [-0.39, 0.29) is 30.2 Å². The summed E-state index contributed by atoms with van der Waals surface area (Å²) in [5.41, 5.74) is 5.66. The Bertz CT molecular complexity index is 454. The lowest BCUT2D eigenvalue weighted by Crippen LogP contribution is -2.28. The molecule has 6 nitrogen and oxygen atoms in total. The lowest BCUT2D eigenvalue weighted by molar-refractivity contribution is -0.125. The molecule has 0 aromatic carbocycles. The fourth-order valence-corrected chi connectivity index (χ4v) is 1.81. The van der Waals surface area contributed by atoms with E-state index in [0.29, 0.717) is 5.76 Å². The first-order valence-corrected chi connectivity index (χ1v) is 6.75. The van der Waals surface area contributed by atoms with E-state index in [1.54, 1.807) is 6.07 Å². The minimum Gasteiger partial charge on any atom is -0.475 e. The van der Waals surface area contributed by atoms with Crippen molar-refractivity contribution >= 4 is 11.9 Å². The van der Waals surface area contributed by atoms with Crippen molar-refractivity contribution in [2.45, 2.75) is 45.7 Å². The molecular weight excluding hydrogens is 260 g/mol. The number of carboxylic acids is 1. The zero-order valence-corrected chi connectivity index (χ0v) is 11.9. The van der Waals surface area contributed by atoms with Crippen molar-refractivity contribution in [2.75, 3.05) is 0 Å². The van der Waals surface area contributed by atoms with Crippen LogP contribution < -0.4 is 11.1 Å². The van der Waals surface area contributed by atoms with Crippen molar-refractivity contribution in [1.82, 2.24) is 5.32 Å². The zero-order valence-electron chi connectivity index (χ0n) is 11.9. The molecule has 0 spiro atoms. The molecule has 1 rings (SSSR count). The number of amides is 1. The number of carbonyl (C=O) groups is 2. The van der Waals surface area contributed by atoms with Gasteiger partial charge >= 0.3 is 5.97 Å². The third-order valence-corrected chi connectivity index (χ3v) is 3.05. The molecule has 0 fully saturated rings. The van der Waals surface area contributed by atoms with Gasteiger partial charge in [-0.25, -0.2) is 4.79 Å². The minimum atomic E-state index is -1.12.